The Morgan fingerprint density at radius 2 is 1.45 bits per heavy atom. The zero-order chi connectivity index (χ0) is 16.3. The van der Waals surface area contributed by atoms with Gasteiger partial charge in [-0.25, -0.2) is 13.2 Å². The maximum absolute atomic E-state index is 12.4. The first-order chi connectivity index (χ1) is 10.3. The molecule has 2 amide bonds. The number of nitro benzene ring substituents is 1. The highest BCUT2D eigenvalue weighted by atomic mass is 32.2. The Morgan fingerprint density at radius 1 is 1.00 bits per heavy atom. The highest BCUT2D eigenvalue weighted by Crippen LogP contribution is 2.24. The Kier molecular flexibility index (Phi) is 4.08. The maximum atomic E-state index is 12.4. The predicted molar refractivity (Wildman–Crippen MR) is 78.2 cm³/mol. The lowest BCUT2D eigenvalue weighted by atomic mass is 10.3. The van der Waals surface area contributed by atoms with E-state index in [9.17, 15) is 23.3 Å². The van der Waals surface area contributed by atoms with E-state index in [1.54, 1.807) is 0 Å². The lowest BCUT2D eigenvalue weighted by molar-refractivity contribution is -0.384. The Balaban J connectivity index is 2.33. The van der Waals surface area contributed by atoms with Crippen molar-refractivity contribution in [1.29, 1.82) is 0 Å². The summed E-state index contributed by atoms with van der Waals surface area (Å²) in [4.78, 5) is 20.6. The van der Waals surface area contributed by atoms with Gasteiger partial charge in [0.15, 0.2) is 0 Å². The van der Waals surface area contributed by atoms with Crippen molar-refractivity contribution in [2.24, 2.45) is 5.73 Å². The minimum absolute atomic E-state index is 0.00336. The number of nitrogens with zero attached hydrogens (tertiary/aromatic N) is 1. The number of carbonyl (C=O) groups excluding carboxylic acids is 1. The number of non-ortho nitro benzene ring substituents is 1. The molecule has 0 saturated heterocycles. The van der Waals surface area contributed by atoms with Crippen LogP contribution in [0.4, 0.5) is 16.2 Å². The van der Waals surface area contributed by atoms with Gasteiger partial charge in [-0.05, 0) is 36.4 Å². The van der Waals surface area contributed by atoms with Crippen molar-refractivity contribution in [1.82, 2.24) is 0 Å². The molecule has 0 fully saturated rings. The lowest BCUT2D eigenvalue weighted by Crippen LogP contribution is -2.19. The number of nitrogens with one attached hydrogen (secondary N) is 1. The number of sulfone groups is 1. The summed E-state index contributed by atoms with van der Waals surface area (Å²) in [7, 11) is -3.79. The van der Waals surface area contributed by atoms with Crippen LogP contribution in [0, 0.1) is 10.1 Å². The zero-order valence-corrected chi connectivity index (χ0v) is 11.9. The quantitative estimate of drug-likeness (QED) is 0.655. The number of amides is 2. The van der Waals surface area contributed by atoms with Crippen molar-refractivity contribution in [3.63, 3.8) is 0 Å². The molecule has 0 heterocycles. The Bertz CT molecular complexity index is 814. The number of urea groups is 1. The van der Waals surface area contributed by atoms with E-state index in [1.165, 1.54) is 36.4 Å². The largest absolute Gasteiger partial charge is 0.351 e. The second-order valence-corrected chi connectivity index (χ2v) is 6.22. The van der Waals surface area contributed by atoms with E-state index in [1.807, 2.05) is 0 Å². The van der Waals surface area contributed by atoms with Gasteiger partial charge in [0.25, 0.3) is 5.69 Å². The van der Waals surface area contributed by atoms with Crippen LogP contribution < -0.4 is 11.1 Å². The van der Waals surface area contributed by atoms with Crippen LogP contribution in [-0.2, 0) is 9.84 Å². The topological polar surface area (TPSA) is 132 Å². The first-order valence-corrected chi connectivity index (χ1v) is 7.45. The van der Waals surface area contributed by atoms with Crippen LogP contribution in [0.5, 0.6) is 0 Å². The predicted octanol–water partition coefficient (Wildman–Crippen LogP) is 1.92. The van der Waals surface area contributed by atoms with E-state index in [0.717, 1.165) is 12.1 Å². The molecule has 0 bridgehead atoms. The van der Waals surface area contributed by atoms with E-state index in [4.69, 9.17) is 5.73 Å². The maximum Gasteiger partial charge on any atom is 0.316 e. The normalized spacial score (nSPS) is 10.9. The van der Waals surface area contributed by atoms with Gasteiger partial charge in [-0.1, -0.05) is 0 Å². The molecule has 2 rings (SSSR count). The molecular weight excluding hydrogens is 310 g/mol. The number of nitrogens with two attached hydrogens (primary N) is 1. The summed E-state index contributed by atoms with van der Waals surface area (Å²) < 4.78 is 24.7. The van der Waals surface area contributed by atoms with Gasteiger partial charge in [-0.3, -0.25) is 10.1 Å². The van der Waals surface area contributed by atoms with Crippen LogP contribution in [0.1, 0.15) is 0 Å². The molecule has 0 aliphatic carbocycles. The van der Waals surface area contributed by atoms with E-state index in [2.05, 4.69) is 5.32 Å². The smallest absolute Gasteiger partial charge is 0.316 e. The fourth-order valence-corrected chi connectivity index (χ4v) is 3.00. The monoisotopic (exact) mass is 321 g/mol. The number of hydrogen-bond donors (Lipinski definition) is 2. The van der Waals surface area contributed by atoms with E-state index >= 15 is 0 Å². The van der Waals surface area contributed by atoms with Gasteiger partial charge < -0.3 is 11.1 Å². The van der Waals surface area contributed by atoms with Gasteiger partial charge in [-0.2, -0.15) is 0 Å². The summed E-state index contributed by atoms with van der Waals surface area (Å²) in [6.45, 7) is 0. The highest BCUT2D eigenvalue weighted by Gasteiger charge is 2.18. The molecule has 22 heavy (non-hydrogen) atoms. The Labute approximate surface area is 125 Å². The van der Waals surface area contributed by atoms with Crippen LogP contribution >= 0.6 is 0 Å². The molecule has 8 nitrogen and oxygen atoms in total. The van der Waals surface area contributed by atoms with Gasteiger partial charge in [0.2, 0.25) is 9.84 Å². The number of nitro groups is 1. The number of benzene rings is 2. The molecule has 9 heteroatoms. The summed E-state index contributed by atoms with van der Waals surface area (Å²) in [5.74, 6) is 0. The summed E-state index contributed by atoms with van der Waals surface area (Å²) in [5, 5.41) is 12.9. The van der Waals surface area contributed by atoms with E-state index < -0.39 is 20.8 Å². The average molecular weight is 321 g/mol. The summed E-state index contributed by atoms with van der Waals surface area (Å²) in [5.41, 5.74) is 5.12. The van der Waals surface area contributed by atoms with Gasteiger partial charge in [0.1, 0.15) is 0 Å². The molecule has 0 spiro atoms. The molecular formula is C13H11N3O5S. The van der Waals surface area contributed by atoms with Gasteiger partial charge in [-0.15, -0.1) is 0 Å². The molecule has 0 aromatic heterocycles. The van der Waals surface area contributed by atoms with Gasteiger partial charge in [0.05, 0.1) is 14.7 Å². The SMILES string of the molecule is NC(=O)Nc1ccc(S(=O)(=O)c2ccc([N+](=O)[O-])cc2)cc1. The van der Waals surface area contributed by atoms with Crippen LogP contribution in [0.15, 0.2) is 58.3 Å². The van der Waals surface area contributed by atoms with Crippen molar-refractivity contribution < 1.29 is 18.1 Å². The van der Waals surface area contributed by atoms with Crippen LogP contribution in [0.25, 0.3) is 0 Å². The fraction of sp³-hybridized carbons (Fsp3) is 0. The molecule has 2 aromatic carbocycles. The number of primary amides is 1. The molecule has 3 N–H and O–H groups in total. The molecule has 0 saturated carbocycles. The van der Waals surface area contributed by atoms with Crippen molar-refractivity contribution in [3.05, 3.63) is 58.6 Å². The van der Waals surface area contributed by atoms with Crippen molar-refractivity contribution in [2.75, 3.05) is 5.32 Å². The molecule has 0 radical (unpaired) electrons. The standard InChI is InChI=1S/C13H11N3O5S/c14-13(17)15-9-1-5-11(6-2-9)22(20,21)12-7-3-10(4-8-12)16(18)19/h1-8H,(H3,14,15,17). The van der Waals surface area contributed by atoms with Crippen molar-refractivity contribution in [2.45, 2.75) is 9.79 Å². The molecule has 2 aromatic rings. The molecule has 0 aliphatic rings. The minimum Gasteiger partial charge on any atom is -0.351 e. The third-order valence-corrected chi connectivity index (χ3v) is 4.58. The zero-order valence-electron chi connectivity index (χ0n) is 11.1. The summed E-state index contributed by atoms with van der Waals surface area (Å²) in [6, 6.07) is 9.22. The number of hydrogen-bond acceptors (Lipinski definition) is 5. The Hall–Kier alpha value is -2.94. The second-order valence-electron chi connectivity index (χ2n) is 4.27. The van der Waals surface area contributed by atoms with E-state index in [0.29, 0.717) is 5.69 Å². The summed E-state index contributed by atoms with van der Waals surface area (Å²) >= 11 is 0. The lowest BCUT2D eigenvalue weighted by Gasteiger charge is -2.06. The minimum atomic E-state index is -3.79. The number of rotatable bonds is 4. The Morgan fingerprint density at radius 3 is 1.86 bits per heavy atom. The summed E-state index contributed by atoms with van der Waals surface area (Å²) in [6.07, 6.45) is 0. The number of carbonyl (C=O) groups is 1. The molecule has 0 aliphatic heterocycles. The van der Waals surface area contributed by atoms with Crippen LogP contribution in [0.3, 0.4) is 0 Å². The highest BCUT2D eigenvalue weighted by molar-refractivity contribution is 7.91. The van der Waals surface area contributed by atoms with Crippen molar-refractivity contribution in [3.8, 4) is 0 Å². The third-order valence-electron chi connectivity index (χ3n) is 2.79. The second kappa shape index (κ2) is 5.82. The molecule has 0 unspecified atom stereocenters. The van der Waals surface area contributed by atoms with Crippen LogP contribution in [0.2, 0.25) is 0 Å². The third kappa shape index (κ3) is 3.20. The van der Waals surface area contributed by atoms with Crippen molar-refractivity contribution >= 4 is 27.2 Å². The first-order valence-electron chi connectivity index (χ1n) is 5.97. The fourth-order valence-electron chi connectivity index (χ4n) is 1.74. The average Bonchev–Trinajstić information content (AvgIpc) is 2.47. The first kappa shape index (κ1) is 15.4. The number of anilines is 1. The van der Waals surface area contributed by atoms with Gasteiger partial charge in [0, 0.05) is 17.8 Å². The van der Waals surface area contributed by atoms with Crippen LogP contribution in [-0.4, -0.2) is 19.4 Å². The van der Waals surface area contributed by atoms with E-state index in [-0.39, 0.29) is 15.5 Å². The van der Waals surface area contributed by atoms with Gasteiger partial charge >= 0.3 is 6.03 Å². The molecule has 114 valence electrons. The molecule has 0 atom stereocenters.